The molecular weight excluding hydrogens is 366 g/mol. The number of carbonyl (C=O) groups is 1. The van der Waals surface area contributed by atoms with E-state index in [1.165, 1.54) is 0 Å². The van der Waals surface area contributed by atoms with Crippen LogP contribution in [0.2, 0.25) is 0 Å². The molecule has 1 aromatic carbocycles. The number of rotatable bonds is 7. The van der Waals surface area contributed by atoms with Crippen molar-refractivity contribution >= 4 is 12.1 Å². The molecule has 7 nitrogen and oxygen atoms in total. The van der Waals surface area contributed by atoms with Crippen molar-refractivity contribution in [2.75, 3.05) is 6.61 Å². The van der Waals surface area contributed by atoms with Crippen molar-refractivity contribution in [2.24, 2.45) is 5.10 Å². The molecule has 2 heterocycles. The van der Waals surface area contributed by atoms with E-state index in [1.54, 1.807) is 12.4 Å². The number of ether oxygens (including phenoxy) is 1. The summed E-state index contributed by atoms with van der Waals surface area (Å²) in [6, 6.07) is 11.8. The monoisotopic (exact) mass is 393 g/mol. The van der Waals surface area contributed by atoms with Crippen molar-refractivity contribution < 1.29 is 9.53 Å². The van der Waals surface area contributed by atoms with E-state index in [2.05, 4.69) is 34.0 Å². The fourth-order valence-corrected chi connectivity index (χ4v) is 3.21. The number of carbonyl (C=O) groups excluding carboxylic acids is 1. The van der Waals surface area contributed by atoms with Gasteiger partial charge < -0.3 is 9.30 Å². The number of hydrazone groups is 1. The van der Waals surface area contributed by atoms with Crippen LogP contribution >= 0.6 is 0 Å². The summed E-state index contributed by atoms with van der Waals surface area (Å²) in [7, 11) is 0. The van der Waals surface area contributed by atoms with E-state index in [0.29, 0.717) is 5.75 Å². The molecule has 0 radical (unpaired) electrons. The van der Waals surface area contributed by atoms with Crippen LogP contribution in [0, 0.1) is 20.8 Å². The number of hydrogen-bond donors (Lipinski definition) is 1. The molecule has 0 atom stereocenters. The van der Waals surface area contributed by atoms with Gasteiger partial charge in [-0.05, 0) is 58.4 Å². The van der Waals surface area contributed by atoms with Gasteiger partial charge in [0.25, 0.3) is 5.91 Å². The van der Waals surface area contributed by atoms with E-state index in [-0.39, 0.29) is 18.6 Å². The Bertz CT molecular complexity index is 1030. The van der Waals surface area contributed by atoms with E-state index < -0.39 is 0 Å². The normalized spacial score (nSPS) is 11.4. The van der Waals surface area contributed by atoms with Crippen LogP contribution in [0.1, 0.15) is 42.4 Å². The third-order valence-corrected chi connectivity index (χ3v) is 4.59. The van der Waals surface area contributed by atoms with Crippen molar-refractivity contribution in [3.8, 4) is 11.6 Å². The van der Waals surface area contributed by atoms with E-state index in [1.807, 2.05) is 61.9 Å². The maximum Gasteiger partial charge on any atom is 0.277 e. The summed E-state index contributed by atoms with van der Waals surface area (Å²) in [5.41, 5.74) is 6.62. The smallest absolute Gasteiger partial charge is 0.277 e. The Hall–Kier alpha value is -3.35. The third kappa shape index (κ3) is 4.74. The summed E-state index contributed by atoms with van der Waals surface area (Å²) in [6.07, 6.45) is 3.45. The number of benzene rings is 1. The molecule has 152 valence electrons. The lowest BCUT2D eigenvalue weighted by Gasteiger charge is -2.14. The number of aromatic nitrogens is 3. The van der Waals surface area contributed by atoms with Gasteiger partial charge in [0.05, 0.1) is 12.4 Å². The molecule has 0 fully saturated rings. The zero-order chi connectivity index (χ0) is 21.0. The highest BCUT2D eigenvalue weighted by atomic mass is 16.5. The van der Waals surface area contributed by atoms with Crippen LogP contribution in [0.4, 0.5) is 0 Å². The van der Waals surface area contributed by atoms with Crippen LogP contribution < -0.4 is 10.2 Å². The minimum Gasteiger partial charge on any atom is -0.484 e. The number of nitrogens with one attached hydrogen (secondary N) is 1. The van der Waals surface area contributed by atoms with Gasteiger partial charge in [-0.25, -0.2) is 10.1 Å². The summed E-state index contributed by atoms with van der Waals surface area (Å²) in [6.45, 7) is 10.1. The number of hydrogen-bond acceptors (Lipinski definition) is 4. The Morgan fingerprint density at radius 2 is 2.03 bits per heavy atom. The number of aryl methyl sites for hydroxylation is 2. The van der Waals surface area contributed by atoms with Crippen LogP contribution in [0.5, 0.6) is 5.75 Å². The second kappa shape index (κ2) is 8.77. The SMILES string of the molecule is Cc1cccc(OCC(=O)N/N=C\c2cc(C)n(-c3ccnn3C(C)C)c2C)c1. The fourth-order valence-electron chi connectivity index (χ4n) is 3.21. The molecule has 0 saturated carbocycles. The molecule has 1 amide bonds. The van der Waals surface area contributed by atoms with Gasteiger partial charge in [-0.15, -0.1) is 0 Å². The average molecular weight is 393 g/mol. The van der Waals surface area contributed by atoms with Gasteiger partial charge in [0, 0.05) is 29.1 Å². The van der Waals surface area contributed by atoms with Gasteiger partial charge in [0.2, 0.25) is 0 Å². The summed E-state index contributed by atoms with van der Waals surface area (Å²) >= 11 is 0. The number of amides is 1. The van der Waals surface area contributed by atoms with E-state index >= 15 is 0 Å². The number of nitrogens with zero attached hydrogens (tertiary/aromatic N) is 4. The molecule has 3 aromatic rings. The van der Waals surface area contributed by atoms with Crippen molar-refractivity contribution in [2.45, 2.75) is 40.7 Å². The molecular formula is C22H27N5O2. The van der Waals surface area contributed by atoms with E-state index in [4.69, 9.17) is 4.74 Å². The topological polar surface area (TPSA) is 73.4 Å². The minimum absolute atomic E-state index is 0.0899. The van der Waals surface area contributed by atoms with E-state index in [0.717, 1.165) is 28.3 Å². The lowest BCUT2D eigenvalue weighted by Crippen LogP contribution is -2.24. The van der Waals surface area contributed by atoms with Crippen molar-refractivity contribution in [1.29, 1.82) is 0 Å². The largest absolute Gasteiger partial charge is 0.484 e. The quantitative estimate of drug-likeness (QED) is 0.491. The van der Waals surface area contributed by atoms with Crippen LogP contribution in [0.3, 0.4) is 0 Å². The molecule has 0 bridgehead atoms. The summed E-state index contributed by atoms with van der Waals surface area (Å²) in [5.74, 6) is 1.36. The van der Waals surface area contributed by atoms with Gasteiger partial charge in [-0.1, -0.05) is 12.1 Å². The minimum atomic E-state index is -0.311. The molecule has 7 heteroatoms. The second-order valence-corrected chi connectivity index (χ2v) is 7.29. The Labute approximate surface area is 171 Å². The first-order chi connectivity index (χ1) is 13.9. The van der Waals surface area contributed by atoms with Gasteiger partial charge in [0.15, 0.2) is 6.61 Å². The first-order valence-electron chi connectivity index (χ1n) is 9.61. The van der Waals surface area contributed by atoms with Crippen molar-refractivity contribution in [3.63, 3.8) is 0 Å². The molecule has 0 saturated heterocycles. The molecule has 29 heavy (non-hydrogen) atoms. The third-order valence-electron chi connectivity index (χ3n) is 4.59. The Balaban J connectivity index is 1.65. The maximum atomic E-state index is 12.0. The molecule has 0 aliphatic heterocycles. The Kier molecular flexibility index (Phi) is 6.16. The highest BCUT2D eigenvalue weighted by molar-refractivity contribution is 5.84. The predicted octanol–water partition coefficient (Wildman–Crippen LogP) is 3.71. The fraction of sp³-hybridized carbons (Fsp3) is 0.318. The summed E-state index contributed by atoms with van der Waals surface area (Å²) < 4.78 is 9.60. The van der Waals surface area contributed by atoms with Crippen LogP contribution in [0.15, 0.2) is 47.7 Å². The van der Waals surface area contributed by atoms with Gasteiger partial charge in [0.1, 0.15) is 11.6 Å². The van der Waals surface area contributed by atoms with Crippen LogP contribution in [0.25, 0.3) is 5.82 Å². The highest BCUT2D eigenvalue weighted by Crippen LogP contribution is 2.21. The lowest BCUT2D eigenvalue weighted by atomic mass is 10.2. The van der Waals surface area contributed by atoms with Gasteiger partial charge >= 0.3 is 0 Å². The van der Waals surface area contributed by atoms with Crippen LogP contribution in [-0.2, 0) is 4.79 Å². The van der Waals surface area contributed by atoms with Crippen LogP contribution in [-0.4, -0.2) is 33.1 Å². The molecule has 0 aliphatic carbocycles. The molecule has 2 aromatic heterocycles. The Morgan fingerprint density at radius 3 is 2.76 bits per heavy atom. The average Bonchev–Trinajstić information content (AvgIpc) is 3.25. The molecule has 0 unspecified atom stereocenters. The first-order valence-corrected chi connectivity index (χ1v) is 9.61. The highest BCUT2D eigenvalue weighted by Gasteiger charge is 2.14. The van der Waals surface area contributed by atoms with E-state index in [9.17, 15) is 4.79 Å². The zero-order valence-electron chi connectivity index (χ0n) is 17.5. The summed E-state index contributed by atoms with van der Waals surface area (Å²) in [4.78, 5) is 12.0. The summed E-state index contributed by atoms with van der Waals surface area (Å²) in [5, 5.41) is 8.50. The van der Waals surface area contributed by atoms with Crippen molar-refractivity contribution in [3.05, 3.63) is 65.1 Å². The zero-order valence-corrected chi connectivity index (χ0v) is 17.5. The van der Waals surface area contributed by atoms with Gasteiger partial charge in [-0.3, -0.25) is 4.79 Å². The molecule has 3 rings (SSSR count). The van der Waals surface area contributed by atoms with Crippen molar-refractivity contribution in [1.82, 2.24) is 19.8 Å². The molecule has 0 spiro atoms. The molecule has 0 aliphatic rings. The Morgan fingerprint density at radius 1 is 1.24 bits per heavy atom. The molecule has 1 N–H and O–H groups in total. The lowest BCUT2D eigenvalue weighted by molar-refractivity contribution is -0.123. The standard InChI is InChI=1S/C22H27N5O2/c1-15(2)27-22(9-10-24-27)26-17(4)12-19(18(26)5)13-23-25-21(28)14-29-20-8-6-7-16(3)11-20/h6-13,15H,14H2,1-5H3,(H,25,28)/b23-13-. The predicted molar refractivity (Wildman–Crippen MR) is 114 cm³/mol. The second-order valence-electron chi connectivity index (χ2n) is 7.29. The first kappa shape index (κ1) is 20.4. The maximum absolute atomic E-state index is 12.0. The van der Waals surface area contributed by atoms with Gasteiger partial charge in [-0.2, -0.15) is 10.2 Å².